The van der Waals surface area contributed by atoms with Crippen molar-refractivity contribution in [2.75, 3.05) is 26.0 Å². The van der Waals surface area contributed by atoms with Crippen LogP contribution in [0.25, 0.3) is 0 Å². The number of benzene rings is 2. The molecule has 2 atom stereocenters. The van der Waals surface area contributed by atoms with Gasteiger partial charge in [-0.1, -0.05) is 24.3 Å². The van der Waals surface area contributed by atoms with Crippen molar-refractivity contribution in [1.29, 1.82) is 0 Å². The maximum atomic E-state index is 13.2. The van der Waals surface area contributed by atoms with E-state index in [4.69, 9.17) is 0 Å². The van der Waals surface area contributed by atoms with Crippen LogP contribution < -0.4 is 10.6 Å². The number of rotatable bonds is 8. The second-order valence-electron chi connectivity index (χ2n) is 11.5. The van der Waals surface area contributed by atoms with Crippen LogP contribution in [-0.2, 0) is 30.0 Å². The van der Waals surface area contributed by atoms with Crippen molar-refractivity contribution in [3.8, 4) is 0 Å². The Morgan fingerprint density at radius 3 is 2.32 bits per heavy atom. The smallest absolute Gasteiger partial charge is 0.287 e. The zero-order valence-electron chi connectivity index (χ0n) is 23.4. The van der Waals surface area contributed by atoms with Gasteiger partial charge >= 0.3 is 0 Å². The number of hydrogen-bond acceptors (Lipinski definition) is 5. The van der Waals surface area contributed by atoms with E-state index in [2.05, 4.69) is 25.1 Å². The molecule has 2 saturated carbocycles. The monoisotopic (exact) mass is 558 g/mol. The maximum Gasteiger partial charge on any atom is 0.287 e. The lowest BCUT2D eigenvalue weighted by atomic mass is 9.72. The first kappa shape index (κ1) is 27.1. The molecule has 0 radical (unpaired) electrons. The number of aromatic nitrogens is 2. The molecule has 1 aromatic heterocycles. The lowest BCUT2D eigenvalue weighted by molar-refractivity contribution is -0.117. The zero-order chi connectivity index (χ0) is 28.7. The Morgan fingerprint density at radius 1 is 1.02 bits per heavy atom. The summed E-state index contributed by atoms with van der Waals surface area (Å²) in [7, 11) is 3.50. The molecular formula is C31H35FN6O3. The van der Waals surface area contributed by atoms with E-state index >= 15 is 0 Å². The number of hydrogen-bond donors (Lipinski definition) is 2. The second-order valence-corrected chi connectivity index (χ2v) is 11.5. The van der Waals surface area contributed by atoms with Gasteiger partial charge < -0.3 is 20.1 Å². The van der Waals surface area contributed by atoms with E-state index < -0.39 is 12.1 Å². The van der Waals surface area contributed by atoms with Crippen molar-refractivity contribution in [3.63, 3.8) is 0 Å². The van der Waals surface area contributed by atoms with Crippen LogP contribution in [0.5, 0.6) is 0 Å². The lowest BCUT2D eigenvalue weighted by Crippen LogP contribution is -2.56. The van der Waals surface area contributed by atoms with Crippen molar-refractivity contribution in [1.82, 2.24) is 24.7 Å². The van der Waals surface area contributed by atoms with Crippen LogP contribution >= 0.6 is 0 Å². The fourth-order valence-electron chi connectivity index (χ4n) is 5.93. The van der Waals surface area contributed by atoms with Gasteiger partial charge in [-0.05, 0) is 61.1 Å². The Balaban J connectivity index is 1.09. The molecule has 0 bridgehead atoms. The Bertz CT molecular complexity index is 1460. The van der Waals surface area contributed by atoms with Crippen molar-refractivity contribution in [2.45, 2.75) is 57.0 Å². The predicted molar refractivity (Wildman–Crippen MR) is 152 cm³/mol. The fraction of sp³-hybridized carbons (Fsp3) is 0.419. The van der Waals surface area contributed by atoms with E-state index in [-0.39, 0.29) is 23.3 Å². The van der Waals surface area contributed by atoms with Crippen LogP contribution in [-0.4, -0.2) is 63.9 Å². The summed E-state index contributed by atoms with van der Waals surface area (Å²) in [6.45, 7) is 2.58. The van der Waals surface area contributed by atoms with Gasteiger partial charge in [-0.2, -0.15) is 0 Å². The number of carbonyl (C=O) groups is 3. The number of halogens is 1. The van der Waals surface area contributed by atoms with Gasteiger partial charge in [0.1, 0.15) is 6.17 Å². The van der Waals surface area contributed by atoms with E-state index in [1.807, 2.05) is 42.6 Å². The van der Waals surface area contributed by atoms with E-state index in [9.17, 15) is 18.8 Å². The molecule has 3 aliphatic rings. The van der Waals surface area contributed by atoms with E-state index in [1.54, 1.807) is 31.1 Å². The summed E-state index contributed by atoms with van der Waals surface area (Å²) < 4.78 is 15.2. The van der Waals surface area contributed by atoms with Crippen LogP contribution in [0.1, 0.15) is 63.5 Å². The third kappa shape index (κ3) is 5.24. The number of amides is 3. The minimum atomic E-state index is -1.03. The molecule has 214 valence electrons. The van der Waals surface area contributed by atoms with Crippen LogP contribution in [0, 0.1) is 5.92 Å². The highest BCUT2D eigenvalue weighted by Crippen LogP contribution is 2.49. The molecule has 2 N–H and O–H groups in total. The summed E-state index contributed by atoms with van der Waals surface area (Å²) in [5.41, 5.74) is 4.28. The maximum absolute atomic E-state index is 13.2. The lowest BCUT2D eigenvalue weighted by Gasteiger charge is -2.53. The van der Waals surface area contributed by atoms with Gasteiger partial charge in [-0.3, -0.25) is 19.3 Å². The van der Waals surface area contributed by atoms with Gasteiger partial charge in [0.15, 0.2) is 5.82 Å². The number of anilines is 1. The normalized spacial score (nSPS) is 20.6. The molecular weight excluding hydrogens is 523 g/mol. The van der Waals surface area contributed by atoms with Crippen LogP contribution in [0.3, 0.4) is 0 Å². The first-order chi connectivity index (χ1) is 19.7. The molecule has 2 aromatic carbocycles. The molecule has 9 nitrogen and oxygen atoms in total. The zero-order valence-corrected chi connectivity index (χ0v) is 23.4. The molecule has 1 aliphatic heterocycles. The summed E-state index contributed by atoms with van der Waals surface area (Å²) in [5, 5.41) is 5.71. The first-order valence-electron chi connectivity index (χ1n) is 14.2. The summed E-state index contributed by atoms with van der Waals surface area (Å²) in [5.74, 6) is -0.634. The van der Waals surface area contributed by atoms with Gasteiger partial charge in [0.25, 0.3) is 11.8 Å². The number of carbonyl (C=O) groups excluding carboxylic acids is 3. The van der Waals surface area contributed by atoms with Crippen molar-refractivity contribution < 1.29 is 18.8 Å². The summed E-state index contributed by atoms with van der Waals surface area (Å²) in [6, 6.07) is 15.0. The number of nitrogens with one attached hydrogen (secondary N) is 2. The highest BCUT2D eigenvalue weighted by Gasteiger charge is 2.49. The van der Waals surface area contributed by atoms with Crippen molar-refractivity contribution in [3.05, 3.63) is 82.9 Å². The van der Waals surface area contributed by atoms with Crippen LogP contribution in [0.4, 0.5) is 10.1 Å². The fourth-order valence-corrected chi connectivity index (χ4v) is 5.93. The topological polar surface area (TPSA) is 99.6 Å². The molecule has 0 saturated heterocycles. The number of alkyl halides is 1. The van der Waals surface area contributed by atoms with Gasteiger partial charge in [0.05, 0.1) is 23.3 Å². The molecule has 6 rings (SSSR count). The molecule has 3 aromatic rings. The largest absolute Gasteiger partial charge is 0.345 e. The molecule has 3 amide bonds. The first-order valence-corrected chi connectivity index (χ1v) is 14.2. The molecule has 2 fully saturated rings. The Morgan fingerprint density at radius 2 is 1.71 bits per heavy atom. The predicted octanol–water partition coefficient (Wildman–Crippen LogP) is 3.71. The van der Waals surface area contributed by atoms with E-state index in [0.29, 0.717) is 36.6 Å². The summed E-state index contributed by atoms with van der Waals surface area (Å²) in [4.78, 5) is 46.0. The highest BCUT2D eigenvalue weighted by molar-refractivity contribution is 5.95. The average Bonchev–Trinajstić information content (AvgIpc) is 3.53. The number of fused-ring (bicyclic) bond motifs is 2. The molecule has 1 spiro atoms. The molecule has 2 aliphatic carbocycles. The summed E-state index contributed by atoms with van der Waals surface area (Å²) >= 11 is 0. The Labute approximate surface area is 238 Å². The number of nitrogens with zero attached hydrogens (tertiary/aromatic N) is 4. The SMILES string of the molecule is CN(C)C(=O)c1ccc(CN2CCn3c(cnc3C(=O)NCc3ccc(NC(=O)[C@@H]4C[C@@H]4F)cc3)C23CCC3)cc1. The standard InChI is InChI=1S/C31H35FN6O3/c1-36(2)30(41)22-8-4-21(5-9-22)19-37-14-15-38-26(31(37)12-3-13-31)18-33-27(38)29(40)34-17-20-6-10-23(11-7-20)35-28(39)24-16-25(24)32/h4-11,18,24-25H,3,12-17,19H2,1-2H3,(H,34,40)(H,35,39)/t24-,25+/m1/s1. The quantitative estimate of drug-likeness (QED) is 0.439. The molecule has 2 heterocycles. The van der Waals surface area contributed by atoms with E-state index in [1.165, 1.54) is 0 Å². The van der Waals surface area contributed by atoms with Crippen LogP contribution in [0.15, 0.2) is 54.7 Å². The van der Waals surface area contributed by atoms with Gasteiger partial charge in [0, 0.05) is 51.5 Å². The van der Waals surface area contributed by atoms with Gasteiger partial charge in [0.2, 0.25) is 5.91 Å². The number of imidazole rings is 1. The Hall–Kier alpha value is -4.05. The van der Waals surface area contributed by atoms with Gasteiger partial charge in [-0.25, -0.2) is 9.37 Å². The van der Waals surface area contributed by atoms with E-state index in [0.717, 1.165) is 49.2 Å². The Kier molecular flexibility index (Phi) is 7.11. The average molecular weight is 559 g/mol. The van der Waals surface area contributed by atoms with Crippen molar-refractivity contribution in [2.24, 2.45) is 5.92 Å². The highest BCUT2D eigenvalue weighted by atomic mass is 19.1. The minimum absolute atomic E-state index is 0.00786. The summed E-state index contributed by atoms with van der Waals surface area (Å²) in [6.07, 6.45) is 4.29. The van der Waals surface area contributed by atoms with Crippen LogP contribution in [0.2, 0.25) is 0 Å². The molecule has 41 heavy (non-hydrogen) atoms. The van der Waals surface area contributed by atoms with Crippen molar-refractivity contribution >= 4 is 23.4 Å². The van der Waals surface area contributed by atoms with Gasteiger partial charge in [-0.15, -0.1) is 0 Å². The third-order valence-electron chi connectivity index (χ3n) is 8.62. The third-order valence-corrected chi connectivity index (χ3v) is 8.62. The second kappa shape index (κ2) is 10.7. The molecule has 10 heteroatoms. The molecule has 0 unspecified atom stereocenters. The minimum Gasteiger partial charge on any atom is -0.345 e.